The zero-order valence-electron chi connectivity index (χ0n) is 12.3. The third-order valence-corrected chi connectivity index (χ3v) is 4.67. The second-order valence-electron chi connectivity index (χ2n) is 6.10. The summed E-state index contributed by atoms with van der Waals surface area (Å²) in [6.07, 6.45) is 10.3. The molecule has 0 unspecified atom stereocenters. The number of carbonyl (C=O) groups is 1. The minimum absolute atomic E-state index is 0.0824. The van der Waals surface area contributed by atoms with Crippen molar-refractivity contribution in [1.29, 1.82) is 0 Å². The highest BCUT2D eigenvalue weighted by atomic mass is 16.5. The first-order chi connectivity index (χ1) is 10.2. The molecule has 112 valence electrons. The highest BCUT2D eigenvalue weighted by molar-refractivity contribution is 5.84. The number of likely N-dealkylation sites (tertiary alicyclic amines) is 1. The highest BCUT2D eigenvalue weighted by Crippen LogP contribution is 2.46. The van der Waals surface area contributed by atoms with Crippen LogP contribution >= 0.6 is 0 Å². The van der Waals surface area contributed by atoms with Crippen molar-refractivity contribution in [2.45, 2.75) is 38.2 Å². The fraction of sp³-hybridized carbons (Fsp3) is 0.529. The maximum absolute atomic E-state index is 12.7. The van der Waals surface area contributed by atoms with Crippen LogP contribution in [0.5, 0.6) is 5.75 Å². The lowest BCUT2D eigenvalue weighted by molar-refractivity contribution is -0.146. The Morgan fingerprint density at radius 3 is 3.05 bits per heavy atom. The van der Waals surface area contributed by atoms with Crippen molar-refractivity contribution in [2.75, 3.05) is 13.1 Å². The SMILES string of the molecule is C=CCC1(C(=O)N2CC[C@H](Oc3cccnc3)C2)CCC1. The lowest BCUT2D eigenvalue weighted by atomic mass is 9.65. The van der Waals surface area contributed by atoms with Gasteiger partial charge in [-0.15, -0.1) is 6.58 Å². The van der Waals surface area contributed by atoms with Crippen LogP contribution in [0.25, 0.3) is 0 Å². The lowest BCUT2D eigenvalue weighted by Gasteiger charge is -2.42. The molecule has 1 aromatic rings. The molecule has 1 saturated heterocycles. The van der Waals surface area contributed by atoms with E-state index in [1.807, 2.05) is 23.1 Å². The van der Waals surface area contributed by atoms with Gasteiger partial charge in [-0.05, 0) is 31.4 Å². The van der Waals surface area contributed by atoms with E-state index in [1.165, 1.54) is 0 Å². The molecule has 1 atom stereocenters. The second kappa shape index (κ2) is 5.88. The molecule has 3 rings (SSSR count). The number of hydrogen-bond acceptors (Lipinski definition) is 3. The molecule has 2 heterocycles. The lowest BCUT2D eigenvalue weighted by Crippen LogP contribution is -2.47. The molecule has 0 spiro atoms. The smallest absolute Gasteiger partial charge is 0.229 e. The summed E-state index contributed by atoms with van der Waals surface area (Å²) in [5, 5.41) is 0. The van der Waals surface area contributed by atoms with Crippen LogP contribution in [-0.2, 0) is 4.79 Å². The Hall–Kier alpha value is -1.84. The summed E-state index contributed by atoms with van der Waals surface area (Å²) in [6, 6.07) is 3.77. The van der Waals surface area contributed by atoms with Crippen LogP contribution < -0.4 is 4.74 Å². The Balaban J connectivity index is 1.59. The van der Waals surface area contributed by atoms with Crippen LogP contribution in [0.4, 0.5) is 0 Å². The van der Waals surface area contributed by atoms with Crippen molar-refractivity contribution in [2.24, 2.45) is 5.41 Å². The summed E-state index contributed by atoms with van der Waals surface area (Å²) < 4.78 is 5.90. The molecule has 1 aromatic heterocycles. The number of ether oxygens (including phenoxy) is 1. The number of allylic oxidation sites excluding steroid dienone is 1. The number of hydrogen-bond donors (Lipinski definition) is 0. The van der Waals surface area contributed by atoms with E-state index >= 15 is 0 Å². The zero-order chi connectivity index (χ0) is 14.7. The van der Waals surface area contributed by atoms with Gasteiger partial charge in [0.1, 0.15) is 11.9 Å². The molecule has 21 heavy (non-hydrogen) atoms. The first kappa shape index (κ1) is 14.1. The van der Waals surface area contributed by atoms with E-state index in [1.54, 1.807) is 12.4 Å². The zero-order valence-corrected chi connectivity index (χ0v) is 12.3. The van der Waals surface area contributed by atoms with Gasteiger partial charge in [0.05, 0.1) is 18.2 Å². The van der Waals surface area contributed by atoms with Crippen molar-refractivity contribution in [3.63, 3.8) is 0 Å². The predicted molar refractivity (Wildman–Crippen MR) is 80.9 cm³/mol. The normalized spacial score (nSPS) is 23.4. The first-order valence-electron chi connectivity index (χ1n) is 7.70. The van der Waals surface area contributed by atoms with Crippen molar-refractivity contribution in [1.82, 2.24) is 9.88 Å². The quantitative estimate of drug-likeness (QED) is 0.782. The van der Waals surface area contributed by atoms with Gasteiger partial charge in [-0.25, -0.2) is 0 Å². The van der Waals surface area contributed by atoms with E-state index in [-0.39, 0.29) is 11.5 Å². The summed E-state index contributed by atoms with van der Waals surface area (Å²) in [7, 11) is 0. The summed E-state index contributed by atoms with van der Waals surface area (Å²) >= 11 is 0. The molecule has 2 fully saturated rings. The average Bonchev–Trinajstić information content (AvgIpc) is 2.92. The van der Waals surface area contributed by atoms with Crippen LogP contribution in [0.3, 0.4) is 0 Å². The van der Waals surface area contributed by atoms with E-state index in [9.17, 15) is 4.79 Å². The predicted octanol–water partition coefficient (Wildman–Crippen LogP) is 2.81. The molecule has 0 radical (unpaired) electrons. The second-order valence-corrected chi connectivity index (χ2v) is 6.10. The monoisotopic (exact) mass is 286 g/mol. The third-order valence-electron chi connectivity index (χ3n) is 4.67. The van der Waals surface area contributed by atoms with Gasteiger partial charge in [0.2, 0.25) is 5.91 Å². The van der Waals surface area contributed by atoms with E-state index in [0.717, 1.165) is 44.4 Å². The maximum atomic E-state index is 12.7. The number of amides is 1. The van der Waals surface area contributed by atoms with Crippen molar-refractivity contribution in [3.05, 3.63) is 37.2 Å². The summed E-state index contributed by atoms with van der Waals surface area (Å²) in [4.78, 5) is 18.8. The van der Waals surface area contributed by atoms with Crippen LogP contribution in [0, 0.1) is 5.41 Å². The minimum atomic E-state index is -0.162. The van der Waals surface area contributed by atoms with Gasteiger partial charge in [0.25, 0.3) is 0 Å². The maximum Gasteiger partial charge on any atom is 0.229 e. The van der Waals surface area contributed by atoms with E-state index in [0.29, 0.717) is 12.5 Å². The number of carbonyl (C=O) groups excluding carboxylic acids is 1. The van der Waals surface area contributed by atoms with Gasteiger partial charge >= 0.3 is 0 Å². The molecule has 0 bridgehead atoms. The summed E-state index contributed by atoms with van der Waals surface area (Å²) in [5.41, 5.74) is -0.162. The molecule has 1 aliphatic heterocycles. The van der Waals surface area contributed by atoms with E-state index in [2.05, 4.69) is 11.6 Å². The van der Waals surface area contributed by atoms with Crippen LogP contribution in [0.1, 0.15) is 32.1 Å². The van der Waals surface area contributed by atoms with Crippen molar-refractivity contribution in [3.8, 4) is 5.75 Å². The summed E-state index contributed by atoms with van der Waals surface area (Å²) in [6.45, 7) is 5.29. The first-order valence-corrected chi connectivity index (χ1v) is 7.70. The molecule has 0 N–H and O–H groups in total. The molecular weight excluding hydrogens is 264 g/mol. The summed E-state index contributed by atoms with van der Waals surface area (Å²) in [5.74, 6) is 1.08. The van der Waals surface area contributed by atoms with Gasteiger partial charge in [-0.3, -0.25) is 9.78 Å². The van der Waals surface area contributed by atoms with Gasteiger partial charge in [-0.2, -0.15) is 0 Å². The Morgan fingerprint density at radius 1 is 1.57 bits per heavy atom. The van der Waals surface area contributed by atoms with Gasteiger partial charge in [-0.1, -0.05) is 12.5 Å². The highest BCUT2D eigenvalue weighted by Gasteiger charge is 2.46. The van der Waals surface area contributed by atoms with Crippen LogP contribution in [0.2, 0.25) is 0 Å². The Kier molecular flexibility index (Phi) is 3.95. The topological polar surface area (TPSA) is 42.4 Å². The molecule has 1 saturated carbocycles. The van der Waals surface area contributed by atoms with Crippen LogP contribution in [0.15, 0.2) is 37.2 Å². The molecule has 4 nitrogen and oxygen atoms in total. The minimum Gasteiger partial charge on any atom is -0.487 e. The molecule has 1 amide bonds. The number of rotatable bonds is 5. The number of aromatic nitrogens is 1. The Labute approximate surface area is 125 Å². The van der Waals surface area contributed by atoms with E-state index < -0.39 is 0 Å². The third kappa shape index (κ3) is 2.80. The van der Waals surface area contributed by atoms with Crippen LogP contribution in [-0.4, -0.2) is 35.0 Å². The van der Waals surface area contributed by atoms with Gasteiger partial charge in [0.15, 0.2) is 0 Å². The van der Waals surface area contributed by atoms with Gasteiger partial charge in [0, 0.05) is 19.2 Å². The molecular formula is C17H22N2O2. The van der Waals surface area contributed by atoms with Crippen molar-refractivity contribution >= 4 is 5.91 Å². The standard InChI is InChI=1S/C17H22N2O2/c1-2-7-17(8-4-9-17)16(20)19-11-6-15(13-19)21-14-5-3-10-18-12-14/h2-3,5,10,12,15H,1,4,6-9,11,13H2/t15-/m0/s1. The molecule has 0 aromatic carbocycles. The molecule has 4 heteroatoms. The average molecular weight is 286 g/mol. The number of nitrogens with zero attached hydrogens (tertiary/aromatic N) is 2. The molecule has 1 aliphatic carbocycles. The Bertz CT molecular complexity index is 511. The fourth-order valence-corrected chi connectivity index (χ4v) is 3.34. The fourth-order valence-electron chi connectivity index (χ4n) is 3.34. The van der Waals surface area contributed by atoms with E-state index in [4.69, 9.17) is 4.74 Å². The number of pyridine rings is 1. The van der Waals surface area contributed by atoms with Gasteiger partial charge < -0.3 is 9.64 Å². The molecule has 2 aliphatic rings. The Morgan fingerprint density at radius 2 is 2.43 bits per heavy atom. The largest absolute Gasteiger partial charge is 0.487 e. The van der Waals surface area contributed by atoms with Crippen molar-refractivity contribution < 1.29 is 9.53 Å².